The summed E-state index contributed by atoms with van der Waals surface area (Å²) in [4.78, 5) is 0. The van der Waals surface area contributed by atoms with Crippen LogP contribution in [0.4, 0.5) is 0 Å². The maximum atomic E-state index is 12.2. The molecule has 1 saturated carbocycles. The van der Waals surface area contributed by atoms with Gasteiger partial charge in [0.2, 0.25) is 0 Å². The summed E-state index contributed by atoms with van der Waals surface area (Å²) >= 11 is 0. The monoisotopic (exact) mass is 263 g/mol. The van der Waals surface area contributed by atoms with Gasteiger partial charge in [-0.2, -0.15) is 17.0 Å². The van der Waals surface area contributed by atoms with E-state index in [4.69, 9.17) is 0 Å². The molecule has 0 aromatic carbocycles. The third kappa shape index (κ3) is 3.91. The maximum absolute atomic E-state index is 12.2. The minimum Gasteiger partial charge on any atom is -0.320 e. The Morgan fingerprint density at radius 2 is 1.94 bits per heavy atom. The van der Waals surface area contributed by atoms with Crippen LogP contribution in [0, 0.1) is 5.92 Å². The van der Waals surface area contributed by atoms with Crippen molar-refractivity contribution in [2.45, 2.75) is 32.2 Å². The normalized spacial score (nSPS) is 18.9. The zero-order valence-electron chi connectivity index (χ0n) is 11.3. The van der Waals surface area contributed by atoms with Gasteiger partial charge in [0.15, 0.2) is 0 Å². The van der Waals surface area contributed by atoms with E-state index in [1.54, 1.807) is 14.1 Å². The van der Waals surface area contributed by atoms with Gasteiger partial charge in [0.1, 0.15) is 0 Å². The zero-order valence-corrected chi connectivity index (χ0v) is 12.1. The fourth-order valence-corrected chi connectivity index (χ4v) is 3.29. The molecule has 1 fully saturated rings. The standard InChI is InChI=1S/C11H25N3O2S/c1-10(11-6-7-11)14(4)17(15,16)13(3)9-5-8-12-2/h10-12H,5-9H2,1-4H3. The zero-order chi connectivity index (χ0) is 13.1. The quantitative estimate of drug-likeness (QED) is 0.649. The van der Waals surface area contributed by atoms with E-state index in [1.165, 1.54) is 8.61 Å². The van der Waals surface area contributed by atoms with Crippen LogP contribution in [-0.4, -0.2) is 57.3 Å². The van der Waals surface area contributed by atoms with Gasteiger partial charge in [0.25, 0.3) is 10.2 Å². The van der Waals surface area contributed by atoms with Crippen molar-refractivity contribution < 1.29 is 8.42 Å². The first kappa shape index (κ1) is 14.9. The van der Waals surface area contributed by atoms with E-state index in [2.05, 4.69) is 5.32 Å². The molecule has 0 aromatic rings. The maximum Gasteiger partial charge on any atom is 0.281 e. The van der Waals surface area contributed by atoms with Crippen molar-refractivity contribution in [3.63, 3.8) is 0 Å². The Labute approximate surface area is 105 Å². The Balaban J connectivity index is 2.52. The minimum absolute atomic E-state index is 0.117. The third-order valence-corrected chi connectivity index (χ3v) is 5.57. The second-order valence-electron chi connectivity index (χ2n) is 4.88. The van der Waals surface area contributed by atoms with Crippen molar-refractivity contribution in [3.05, 3.63) is 0 Å². The summed E-state index contributed by atoms with van der Waals surface area (Å²) in [6.45, 7) is 3.39. The second-order valence-corrected chi connectivity index (χ2v) is 6.98. The second kappa shape index (κ2) is 6.13. The van der Waals surface area contributed by atoms with Crippen LogP contribution in [0.1, 0.15) is 26.2 Å². The predicted molar refractivity (Wildman–Crippen MR) is 70.0 cm³/mol. The number of nitrogens with one attached hydrogen (secondary N) is 1. The molecule has 1 unspecified atom stereocenters. The van der Waals surface area contributed by atoms with Gasteiger partial charge in [0, 0.05) is 26.7 Å². The van der Waals surface area contributed by atoms with Crippen LogP contribution in [-0.2, 0) is 10.2 Å². The van der Waals surface area contributed by atoms with Crippen molar-refractivity contribution in [1.29, 1.82) is 0 Å². The molecule has 17 heavy (non-hydrogen) atoms. The van der Waals surface area contributed by atoms with Crippen molar-refractivity contribution in [1.82, 2.24) is 13.9 Å². The lowest BCUT2D eigenvalue weighted by Crippen LogP contribution is -2.45. The molecule has 0 aromatic heterocycles. The predicted octanol–water partition coefficient (Wildman–Crippen LogP) is 0.503. The van der Waals surface area contributed by atoms with Crippen molar-refractivity contribution >= 4 is 10.2 Å². The van der Waals surface area contributed by atoms with Gasteiger partial charge in [-0.05, 0) is 45.7 Å². The molecular weight excluding hydrogens is 238 g/mol. The molecule has 0 heterocycles. The Bertz CT molecular complexity index is 328. The molecular formula is C11H25N3O2S. The van der Waals surface area contributed by atoms with E-state index in [1.807, 2.05) is 14.0 Å². The van der Waals surface area contributed by atoms with Gasteiger partial charge in [-0.3, -0.25) is 0 Å². The highest BCUT2D eigenvalue weighted by atomic mass is 32.2. The highest BCUT2D eigenvalue weighted by molar-refractivity contribution is 7.86. The van der Waals surface area contributed by atoms with Gasteiger partial charge in [-0.1, -0.05) is 0 Å². The van der Waals surface area contributed by atoms with Crippen molar-refractivity contribution in [2.24, 2.45) is 5.92 Å². The molecule has 0 spiro atoms. The topological polar surface area (TPSA) is 52.7 Å². The SMILES string of the molecule is CNCCCN(C)S(=O)(=O)N(C)C(C)C1CC1. The van der Waals surface area contributed by atoms with Gasteiger partial charge in [-0.15, -0.1) is 0 Å². The molecule has 1 N–H and O–H groups in total. The van der Waals surface area contributed by atoms with Crippen LogP contribution in [0.2, 0.25) is 0 Å². The highest BCUT2D eigenvalue weighted by Crippen LogP contribution is 2.35. The molecule has 5 nitrogen and oxygen atoms in total. The molecule has 1 rings (SSSR count). The highest BCUT2D eigenvalue weighted by Gasteiger charge is 2.36. The van der Waals surface area contributed by atoms with Crippen LogP contribution < -0.4 is 5.32 Å². The van der Waals surface area contributed by atoms with Crippen LogP contribution in [0.5, 0.6) is 0 Å². The van der Waals surface area contributed by atoms with E-state index in [-0.39, 0.29) is 6.04 Å². The van der Waals surface area contributed by atoms with Crippen LogP contribution in [0.15, 0.2) is 0 Å². The summed E-state index contributed by atoms with van der Waals surface area (Å²) in [5.74, 6) is 0.556. The van der Waals surface area contributed by atoms with E-state index in [0.717, 1.165) is 25.8 Å². The summed E-state index contributed by atoms with van der Waals surface area (Å²) in [5.41, 5.74) is 0. The molecule has 0 radical (unpaired) electrons. The number of hydrogen-bond acceptors (Lipinski definition) is 3. The Morgan fingerprint density at radius 3 is 2.41 bits per heavy atom. The average Bonchev–Trinajstić information content (AvgIpc) is 3.11. The molecule has 1 aliphatic carbocycles. The summed E-state index contributed by atoms with van der Waals surface area (Å²) < 4.78 is 27.4. The molecule has 0 saturated heterocycles. The van der Waals surface area contributed by atoms with E-state index < -0.39 is 10.2 Å². The van der Waals surface area contributed by atoms with Crippen molar-refractivity contribution in [2.75, 3.05) is 34.2 Å². The Morgan fingerprint density at radius 1 is 1.35 bits per heavy atom. The lowest BCUT2D eigenvalue weighted by molar-refractivity contribution is 0.321. The molecule has 0 amide bonds. The number of hydrogen-bond donors (Lipinski definition) is 1. The fraction of sp³-hybridized carbons (Fsp3) is 1.00. The molecule has 102 valence electrons. The average molecular weight is 263 g/mol. The van der Waals surface area contributed by atoms with Crippen molar-refractivity contribution in [3.8, 4) is 0 Å². The van der Waals surface area contributed by atoms with E-state index in [0.29, 0.717) is 12.5 Å². The van der Waals surface area contributed by atoms with E-state index >= 15 is 0 Å². The van der Waals surface area contributed by atoms with Gasteiger partial charge >= 0.3 is 0 Å². The Hall–Kier alpha value is -0.170. The first-order valence-electron chi connectivity index (χ1n) is 6.25. The summed E-state index contributed by atoms with van der Waals surface area (Å²) in [6.07, 6.45) is 3.15. The number of nitrogens with zero attached hydrogens (tertiary/aromatic N) is 2. The van der Waals surface area contributed by atoms with Crippen LogP contribution in [0.25, 0.3) is 0 Å². The molecule has 6 heteroatoms. The molecule has 0 bridgehead atoms. The Kier molecular flexibility index (Phi) is 5.37. The lowest BCUT2D eigenvalue weighted by Gasteiger charge is -2.29. The molecule has 1 atom stereocenters. The summed E-state index contributed by atoms with van der Waals surface area (Å²) in [7, 11) is 1.93. The molecule has 1 aliphatic rings. The first-order chi connectivity index (χ1) is 7.91. The lowest BCUT2D eigenvalue weighted by atomic mass is 10.2. The van der Waals surface area contributed by atoms with Gasteiger partial charge < -0.3 is 5.32 Å². The van der Waals surface area contributed by atoms with Gasteiger partial charge in [0.05, 0.1) is 0 Å². The molecule has 0 aliphatic heterocycles. The largest absolute Gasteiger partial charge is 0.320 e. The van der Waals surface area contributed by atoms with E-state index in [9.17, 15) is 8.42 Å². The first-order valence-corrected chi connectivity index (χ1v) is 7.65. The number of rotatable bonds is 8. The summed E-state index contributed by atoms with van der Waals surface area (Å²) in [5, 5.41) is 3.02. The summed E-state index contributed by atoms with van der Waals surface area (Å²) in [6, 6.07) is 0.117. The smallest absolute Gasteiger partial charge is 0.281 e. The van der Waals surface area contributed by atoms with Gasteiger partial charge in [-0.25, -0.2) is 0 Å². The van der Waals surface area contributed by atoms with Crippen LogP contribution in [0.3, 0.4) is 0 Å². The van der Waals surface area contributed by atoms with Crippen LogP contribution >= 0.6 is 0 Å². The minimum atomic E-state index is -3.28. The third-order valence-electron chi connectivity index (χ3n) is 3.54. The fourth-order valence-electron chi connectivity index (χ4n) is 1.90.